The van der Waals surface area contributed by atoms with E-state index in [1.165, 1.54) is 55.9 Å². The van der Waals surface area contributed by atoms with Gasteiger partial charge in [0.25, 0.3) is 0 Å². The van der Waals surface area contributed by atoms with Gasteiger partial charge in [0.05, 0.1) is 11.1 Å². The van der Waals surface area contributed by atoms with Crippen LogP contribution in [-0.4, -0.2) is 24.2 Å². The number of rotatable bonds is 3. The number of anilines is 2. The fourth-order valence-corrected chi connectivity index (χ4v) is 5.69. The fourth-order valence-electron chi connectivity index (χ4n) is 5.69. The number of benzene rings is 2. The Labute approximate surface area is 195 Å². The van der Waals surface area contributed by atoms with E-state index in [9.17, 15) is 0 Å². The molecule has 2 aromatic rings. The Balaban J connectivity index is 1.74. The summed E-state index contributed by atoms with van der Waals surface area (Å²) in [6.07, 6.45) is 4.88. The van der Waals surface area contributed by atoms with Gasteiger partial charge in [-0.1, -0.05) is 12.2 Å². The lowest BCUT2D eigenvalue weighted by atomic mass is 9.86. The van der Waals surface area contributed by atoms with Crippen LogP contribution >= 0.6 is 0 Å². The summed E-state index contributed by atoms with van der Waals surface area (Å²) in [6.45, 7) is 24.8. The van der Waals surface area contributed by atoms with Crippen molar-refractivity contribution in [2.24, 2.45) is 0 Å². The Bertz CT molecular complexity index is 1050. The molecule has 32 heavy (non-hydrogen) atoms. The predicted octanol–water partition coefficient (Wildman–Crippen LogP) is 7.62. The van der Waals surface area contributed by atoms with Crippen LogP contribution in [0.3, 0.4) is 0 Å². The molecule has 0 fully saturated rings. The average molecular weight is 429 g/mol. The lowest BCUT2D eigenvalue weighted by Crippen LogP contribution is -2.53. The topological polar surface area (TPSA) is 6.48 Å². The zero-order valence-electron chi connectivity index (χ0n) is 21.8. The van der Waals surface area contributed by atoms with E-state index >= 15 is 0 Å². The second kappa shape index (κ2) is 7.54. The van der Waals surface area contributed by atoms with Crippen LogP contribution in [0.2, 0.25) is 0 Å². The second-order valence-electron chi connectivity index (χ2n) is 11.2. The van der Waals surface area contributed by atoms with Gasteiger partial charge in [0, 0.05) is 35.6 Å². The first-order valence-corrected chi connectivity index (χ1v) is 12.0. The Kier molecular flexibility index (Phi) is 5.35. The third-order valence-electron chi connectivity index (χ3n) is 7.73. The van der Waals surface area contributed by atoms with E-state index in [1.54, 1.807) is 0 Å². The van der Waals surface area contributed by atoms with Crippen LogP contribution in [0, 0.1) is 27.7 Å². The van der Waals surface area contributed by atoms with Crippen LogP contribution in [0.4, 0.5) is 11.4 Å². The maximum Gasteiger partial charge on any atom is 0.0535 e. The molecule has 2 aliphatic heterocycles. The van der Waals surface area contributed by atoms with Gasteiger partial charge in [-0.2, -0.15) is 0 Å². The second-order valence-corrected chi connectivity index (χ2v) is 11.2. The van der Waals surface area contributed by atoms with Gasteiger partial charge in [0.1, 0.15) is 0 Å². The first-order chi connectivity index (χ1) is 14.8. The molecule has 2 aromatic carbocycles. The predicted molar refractivity (Wildman–Crippen MR) is 142 cm³/mol. The summed E-state index contributed by atoms with van der Waals surface area (Å²) < 4.78 is 0. The molecule has 0 atom stereocenters. The lowest BCUT2D eigenvalue weighted by Gasteiger charge is -2.48. The van der Waals surface area contributed by atoms with Crippen LogP contribution in [0.5, 0.6) is 0 Å². The van der Waals surface area contributed by atoms with Crippen molar-refractivity contribution < 1.29 is 0 Å². The molecule has 0 spiro atoms. The van der Waals surface area contributed by atoms with E-state index in [2.05, 4.69) is 115 Å². The molecule has 0 radical (unpaired) electrons. The first-order valence-electron chi connectivity index (χ1n) is 12.0. The van der Waals surface area contributed by atoms with Crippen molar-refractivity contribution in [1.82, 2.24) is 0 Å². The molecule has 2 aliphatic rings. The molecular formula is C30H40N2. The molecule has 0 saturated carbocycles. The van der Waals surface area contributed by atoms with E-state index in [0.29, 0.717) is 0 Å². The summed E-state index contributed by atoms with van der Waals surface area (Å²) in [5.41, 5.74) is 13.7. The highest BCUT2D eigenvalue weighted by Gasteiger charge is 2.35. The summed E-state index contributed by atoms with van der Waals surface area (Å²) in [7, 11) is 0. The van der Waals surface area contributed by atoms with Crippen molar-refractivity contribution in [3.8, 4) is 0 Å². The van der Waals surface area contributed by atoms with Crippen LogP contribution in [0.1, 0.15) is 74.9 Å². The van der Waals surface area contributed by atoms with Gasteiger partial charge in [-0.15, -0.1) is 0 Å². The number of nitrogens with zero attached hydrogens (tertiary/aromatic N) is 2. The summed E-state index contributed by atoms with van der Waals surface area (Å²) in [6, 6.07) is 9.54. The number of fused-ring (bicyclic) bond motifs is 2. The van der Waals surface area contributed by atoms with E-state index in [1.807, 2.05) is 0 Å². The van der Waals surface area contributed by atoms with E-state index in [-0.39, 0.29) is 11.1 Å². The molecule has 0 unspecified atom stereocenters. The minimum atomic E-state index is -0.0174. The highest BCUT2D eigenvalue weighted by Crippen LogP contribution is 2.42. The highest BCUT2D eigenvalue weighted by molar-refractivity contribution is 5.83. The maximum atomic E-state index is 2.61. The zero-order valence-corrected chi connectivity index (χ0v) is 21.8. The highest BCUT2D eigenvalue weighted by atomic mass is 15.3. The van der Waals surface area contributed by atoms with Crippen molar-refractivity contribution in [3.05, 3.63) is 69.8 Å². The van der Waals surface area contributed by atoms with Crippen molar-refractivity contribution in [1.29, 1.82) is 0 Å². The molecule has 0 saturated heterocycles. The summed E-state index contributed by atoms with van der Waals surface area (Å²) in [5.74, 6) is 0. The molecule has 0 amide bonds. The monoisotopic (exact) mass is 428 g/mol. The normalized spacial score (nSPS) is 18.7. The van der Waals surface area contributed by atoms with Crippen molar-refractivity contribution in [2.75, 3.05) is 22.9 Å². The quantitative estimate of drug-likeness (QED) is 0.496. The number of allylic oxidation sites excluding steroid dienone is 2. The maximum absolute atomic E-state index is 2.61. The summed E-state index contributed by atoms with van der Waals surface area (Å²) >= 11 is 0. The number of hydrogen-bond donors (Lipinski definition) is 0. The molecule has 0 aromatic heterocycles. The van der Waals surface area contributed by atoms with Crippen molar-refractivity contribution >= 4 is 22.5 Å². The molecule has 2 heteroatoms. The number of hydrogen-bond acceptors (Lipinski definition) is 2. The minimum Gasteiger partial charge on any atom is -0.361 e. The van der Waals surface area contributed by atoms with Crippen molar-refractivity contribution in [3.63, 3.8) is 0 Å². The molecular weight excluding hydrogens is 388 g/mol. The molecule has 0 N–H and O–H groups in total. The Morgan fingerprint density at radius 1 is 0.531 bits per heavy atom. The lowest BCUT2D eigenvalue weighted by molar-refractivity contribution is 0.510. The van der Waals surface area contributed by atoms with Crippen LogP contribution in [-0.2, 0) is 0 Å². The first kappa shape index (κ1) is 22.7. The standard InChI is InChI=1S/C30H40N2/c1-19-13-25-23(5)17-29(7,8)31(27(25)15-21(19)3)11-12-32-28-16-22(4)20(2)14-26(28)24(6)18-30(32,9)10/h13-18H,11-12H2,1-10H3. The van der Waals surface area contributed by atoms with Gasteiger partial charge in [-0.05, 0) is 127 Å². The van der Waals surface area contributed by atoms with Gasteiger partial charge < -0.3 is 9.80 Å². The minimum absolute atomic E-state index is 0.0174. The van der Waals surface area contributed by atoms with E-state index in [0.717, 1.165) is 13.1 Å². The summed E-state index contributed by atoms with van der Waals surface area (Å²) in [5, 5.41) is 0. The third-order valence-corrected chi connectivity index (χ3v) is 7.73. The van der Waals surface area contributed by atoms with E-state index < -0.39 is 0 Å². The average Bonchev–Trinajstić information content (AvgIpc) is 2.66. The van der Waals surface area contributed by atoms with Crippen LogP contribution < -0.4 is 9.80 Å². The van der Waals surface area contributed by atoms with E-state index in [4.69, 9.17) is 0 Å². The molecule has 2 heterocycles. The molecule has 2 nitrogen and oxygen atoms in total. The molecule has 0 aliphatic carbocycles. The molecule has 170 valence electrons. The van der Waals surface area contributed by atoms with Gasteiger partial charge in [0.2, 0.25) is 0 Å². The van der Waals surface area contributed by atoms with Gasteiger partial charge >= 0.3 is 0 Å². The van der Waals surface area contributed by atoms with Gasteiger partial charge in [0.15, 0.2) is 0 Å². The smallest absolute Gasteiger partial charge is 0.0535 e. The zero-order chi connectivity index (χ0) is 23.6. The van der Waals surface area contributed by atoms with Crippen LogP contribution in [0.25, 0.3) is 11.1 Å². The number of aryl methyl sites for hydroxylation is 4. The summed E-state index contributed by atoms with van der Waals surface area (Å²) in [4.78, 5) is 5.23. The molecule has 0 bridgehead atoms. The van der Waals surface area contributed by atoms with Gasteiger partial charge in [-0.25, -0.2) is 0 Å². The van der Waals surface area contributed by atoms with Crippen LogP contribution in [0.15, 0.2) is 36.4 Å². The Hall–Kier alpha value is -2.48. The Morgan fingerprint density at radius 3 is 1.19 bits per heavy atom. The molecule has 4 rings (SSSR count). The fraction of sp³-hybridized carbons (Fsp3) is 0.467. The Morgan fingerprint density at radius 2 is 0.844 bits per heavy atom. The largest absolute Gasteiger partial charge is 0.361 e. The third kappa shape index (κ3) is 3.68. The van der Waals surface area contributed by atoms with Crippen molar-refractivity contribution in [2.45, 2.75) is 80.3 Å². The van der Waals surface area contributed by atoms with Gasteiger partial charge in [-0.3, -0.25) is 0 Å². The SMILES string of the molecule is CC1=CC(C)(C)N(CCN2c3cc(C)c(C)cc3C(C)=CC2(C)C)c2cc(C)c(C)cc21.